The number of nitrogens with one attached hydrogen (secondary N) is 2. The van der Waals surface area contributed by atoms with Crippen molar-refractivity contribution in [3.63, 3.8) is 0 Å². The summed E-state index contributed by atoms with van der Waals surface area (Å²) in [6, 6.07) is 13.7. The molecular weight excluding hydrogens is 366 g/mol. The molecule has 0 saturated carbocycles. The molecule has 0 atom stereocenters. The van der Waals surface area contributed by atoms with Crippen molar-refractivity contribution in [2.45, 2.75) is 19.6 Å². The van der Waals surface area contributed by atoms with Gasteiger partial charge in [-0.15, -0.1) is 0 Å². The van der Waals surface area contributed by atoms with E-state index in [1.165, 1.54) is 5.56 Å². The number of imidazole rings is 1. The lowest BCUT2D eigenvalue weighted by molar-refractivity contribution is 0.240. The predicted octanol–water partition coefficient (Wildman–Crippen LogP) is 2.51. The highest BCUT2D eigenvalue weighted by molar-refractivity contribution is 5.73. The molecule has 3 heterocycles. The topological polar surface area (TPSA) is 89.7 Å². The fraction of sp³-hybridized carbons (Fsp3) is 0.143. The number of urea groups is 1. The van der Waals surface area contributed by atoms with Crippen molar-refractivity contribution in [1.82, 2.24) is 34.9 Å². The Hall–Kier alpha value is -3.94. The largest absolute Gasteiger partial charge is 0.334 e. The van der Waals surface area contributed by atoms with Crippen molar-refractivity contribution in [2.24, 2.45) is 0 Å². The number of rotatable bonds is 7. The summed E-state index contributed by atoms with van der Waals surface area (Å²) in [6.45, 7) is 1.52. The molecule has 0 radical (unpaired) electrons. The third kappa shape index (κ3) is 5.07. The molecule has 0 fully saturated rings. The van der Waals surface area contributed by atoms with Crippen LogP contribution in [0.5, 0.6) is 0 Å². The summed E-state index contributed by atoms with van der Waals surface area (Å²) in [5.41, 5.74) is 3.08. The highest BCUT2D eigenvalue weighted by atomic mass is 16.2. The predicted molar refractivity (Wildman–Crippen MR) is 108 cm³/mol. The first-order valence-electron chi connectivity index (χ1n) is 9.26. The van der Waals surface area contributed by atoms with Gasteiger partial charge in [-0.05, 0) is 23.3 Å². The number of pyridine rings is 1. The van der Waals surface area contributed by atoms with Crippen molar-refractivity contribution in [3.05, 3.63) is 96.5 Å². The van der Waals surface area contributed by atoms with Gasteiger partial charge in [0.15, 0.2) is 0 Å². The normalized spacial score (nSPS) is 10.6. The van der Waals surface area contributed by atoms with Gasteiger partial charge in [0, 0.05) is 43.4 Å². The summed E-state index contributed by atoms with van der Waals surface area (Å²) < 4.78 is 3.68. The summed E-state index contributed by atoms with van der Waals surface area (Å²) in [5, 5.41) is 10.1. The molecule has 0 spiro atoms. The molecule has 29 heavy (non-hydrogen) atoms. The first kappa shape index (κ1) is 18.4. The summed E-state index contributed by atoms with van der Waals surface area (Å²) >= 11 is 0. The van der Waals surface area contributed by atoms with Crippen LogP contribution in [0.2, 0.25) is 0 Å². The van der Waals surface area contributed by atoms with Crippen LogP contribution in [0.4, 0.5) is 4.79 Å². The van der Waals surface area contributed by atoms with Gasteiger partial charge in [-0.1, -0.05) is 30.3 Å². The van der Waals surface area contributed by atoms with Crippen LogP contribution < -0.4 is 10.6 Å². The fourth-order valence-electron chi connectivity index (χ4n) is 2.89. The molecule has 146 valence electrons. The van der Waals surface area contributed by atoms with Crippen LogP contribution in [0.25, 0.3) is 5.82 Å². The van der Waals surface area contributed by atoms with Gasteiger partial charge in [0.05, 0.1) is 12.7 Å². The lowest BCUT2D eigenvalue weighted by Crippen LogP contribution is -2.34. The van der Waals surface area contributed by atoms with Crippen LogP contribution in [0.1, 0.15) is 16.7 Å². The number of carbonyl (C=O) groups is 1. The zero-order chi connectivity index (χ0) is 19.9. The minimum absolute atomic E-state index is 0.234. The van der Waals surface area contributed by atoms with Crippen molar-refractivity contribution >= 4 is 6.03 Å². The Balaban J connectivity index is 1.25. The number of aromatic nitrogens is 5. The van der Waals surface area contributed by atoms with Crippen LogP contribution in [0.15, 0.2) is 79.8 Å². The third-order valence-electron chi connectivity index (χ3n) is 4.36. The molecule has 0 aliphatic rings. The second kappa shape index (κ2) is 8.83. The molecule has 1 aromatic carbocycles. The monoisotopic (exact) mass is 387 g/mol. The summed E-state index contributed by atoms with van der Waals surface area (Å²) in [4.78, 5) is 20.4. The molecule has 4 aromatic rings. The van der Waals surface area contributed by atoms with Gasteiger partial charge in [0.1, 0.15) is 12.1 Å². The molecule has 0 aliphatic heterocycles. The van der Waals surface area contributed by atoms with Gasteiger partial charge in [-0.25, -0.2) is 14.8 Å². The number of benzene rings is 1. The van der Waals surface area contributed by atoms with Crippen molar-refractivity contribution < 1.29 is 4.79 Å². The van der Waals surface area contributed by atoms with E-state index in [4.69, 9.17) is 0 Å². The lowest BCUT2D eigenvalue weighted by atomic mass is 10.2. The minimum atomic E-state index is -0.234. The van der Waals surface area contributed by atoms with E-state index in [-0.39, 0.29) is 6.03 Å². The second-order valence-electron chi connectivity index (χ2n) is 6.56. The van der Waals surface area contributed by atoms with Crippen molar-refractivity contribution in [2.75, 3.05) is 0 Å². The van der Waals surface area contributed by atoms with E-state index < -0.39 is 0 Å². The van der Waals surface area contributed by atoms with E-state index in [2.05, 4.69) is 37.8 Å². The maximum Gasteiger partial charge on any atom is 0.315 e. The molecule has 0 unspecified atom stereocenters. The SMILES string of the molecule is O=C(NCc1ccnc(-n2ccnc2)c1)NCc1cnn(Cc2ccccc2)c1. The van der Waals surface area contributed by atoms with Crippen LogP contribution in [-0.2, 0) is 19.6 Å². The lowest BCUT2D eigenvalue weighted by Gasteiger charge is -2.08. The highest BCUT2D eigenvalue weighted by Crippen LogP contribution is 2.07. The maximum atomic E-state index is 12.1. The molecule has 0 aliphatic carbocycles. The number of carbonyl (C=O) groups excluding carboxylic acids is 1. The van der Waals surface area contributed by atoms with Crippen LogP contribution in [0.3, 0.4) is 0 Å². The number of amides is 2. The van der Waals surface area contributed by atoms with E-state index in [1.807, 2.05) is 52.0 Å². The Morgan fingerprint density at radius 2 is 1.79 bits per heavy atom. The van der Waals surface area contributed by atoms with Crippen LogP contribution in [0, 0.1) is 0 Å². The van der Waals surface area contributed by atoms with Gasteiger partial charge in [0.25, 0.3) is 0 Å². The molecule has 0 bridgehead atoms. The second-order valence-corrected chi connectivity index (χ2v) is 6.56. The Morgan fingerprint density at radius 1 is 0.966 bits per heavy atom. The van der Waals surface area contributed by atoms with Gasteiger partial charge in [-0.2, -0.15) is 5.10 Å². The Kier molecular flexibility index (Phi) is 5.61. The molecule has 8 nitrogen and oxygen atoms in total. The minimum Gasteiger partial charge on any atom is -0.334 e. The van der Waals surface area contributed by atoms with Crippen molar-refractivity contribution in [3.8, 4) is 5.82 Å². The highest BCUT2D eigenvalue weighted by Gasteiger charge is 2.05. The Bertz CT molecular complexity index is 1060. The Labute approximate surface area is 168 Å². The first-order valence-corrected chi connectivity index (χ1v) is 9.26. The van der Waals surface area contributed by atoms with Gasteiger partial charge in [-0.3, -0.25) is 9.25 Å². The number of hydrogen-bond acceptors (Lipinski definition) is 4. The average molecular weight is 387 g/mol. The van der Waals surface area contributed by atoms with Gasteiger partial charge < -0.3 is 10.6 Å². The molecular formula is C21H21N7O. The maximum absolute atomic E-state index is 12.1. The fourth-order valence-corrected chi connectivity index (χ4v) is 2.89. The number of nitrogens with zero attached hydrogens (tertiary/aromatic N) is 5. The van der Waals surface area contributed by atoms with Crippen molar-refractivity contribution in [1.29, 1.82) is 0 Å². The Morgan fingerprint density at radius 3 is 2.59 bits per heavy atom. The van der Waals surface area contributed by atoms with E-state index in [0.717, 1.165) is 16.9 Å². The van der Waals surface area contributed by atoms with E-state index in [1.54, 1.807) is 24.9 Å². The van der Waals surface area contributed by atoms with Gasteiger partial charge in [0.2, 0.25) is 0 Å². The molecule has 4 rings (SSSR count). The molecule has 8 heteroatoms. The van der Waals surface area contributed by atoms with Gasteiger partial charge >= 0.3 is 6.03 Å². The molecule has 0 saturated heterocycles. The zero-order valence-corrected chi connectivity index (χ0v) is 15.8. The average Bonchev–Trinajstić information content (AvgIpc) is 3.44. The molecule has 2 amide bonds. The van der Waals surface area contributed by atoms with Crippen LogP contribution in [-0.4, -0.2) is 30.3 Å². The zero-order valence-electron chi connectivity index (χ0n) is 15.8. The smallest absolute Gasteiger partial charge is 0.315 e. The number of hydrogen-bond donors (Lipinski definition) is 2. The van der Waals surface area contributed by atoms with Crippen LogP contribution >= 0.6 is 0 Å². The summed E-state index contributed by atoms with van der Waals surface area (Å²) in [7, 11) is 0. The third-order valence-corrected chi connectivity index (χ3v) is 4.36. The first-order chi connectivity index (χ1) is 14.3. The van der Waals surface area contributed by atoms with E-state index in [9.17, 15) is 4.79 Å². The molecule has 3 aromatic heterocycles. The summed E-state index contributed by atoms with van der Waals surface area (Å²) in [6.07, 6.45) is 10.6. The van der Waals surface area contributed by atoms with E-state index >= 15 is 0 Å². The molecule has 2 N–H and O–H groups in total. The van der Waals surface area contributed by atoms with E-state index in [0.29, 0.717) is 19.6 Å². The standard InChI is InChI=1S/C21H21N7O/c29-21(24-11-18-6-7-23-20(10-18)27-9-8-22-16-27)25-12-19-13-26-28(15-19)14-17-4-2-1-3-5-17/h1-10,13,15-16H,11-12,14H2,(H2,24,25,29). The quantitative estimate of drug-likeness (QED) is 0.510. The summed E-state index contributed by atoms with van der Waals surface area (Å²) in [5.74, 6) is 0.757.